The molecule has 0 atom stereocenters. The molecule has 1 amide bonds. The van der Waals surface area contributed by atoms with Crippen LogP contribution in [0.2, 0.25) is 0 Å². The molecule has 1 aliphatic heterocycles. The summed E-state index contributed by atoms with van der Waals surface area (Å²) in [5, 5.41) is 3.91. The molecule has 0 saturated carbocycles. The average Bonchev–Trinajstić information content (AvgIpc) is 3.34. The molecule has 5 rings (SSSR count). The zero-order chi connectivity index (χ0) is 23.3. The Balaban J connectivity index is 1.23. The van der Waals surface area contributed by atoms with Gasteiger partial charge in [-0.3, -0.25) is 9.59 Å². The zero-order valence-electron chi connectivity index (χ0n) is 18.6. The lowest BCUT2D eigenvalue weighted by Gasteiger charge is -2.20. The van der Waals surface area contributed by atoms with E-state index in [1.807, 2.05) is 42.6 Å². The quantitative estimate of drug-likeness (QED) is 0.450. The minimum Gasteiger partial charge on any atom is -0.369 e. The van der Waals surface area contributed by atoms with Crippen molar-refractivity contribution in [2.75, 3.05) is 6.54 Å². The van der Waals surface area contributed by atoms with Gasteiger partial charge < -0.3 is 19.8 Å². The van der Waals surface area contributed by atoms with E-state index in [1.165, 1.54) is 11.6 Å². The number of fused-ring (bicyclic) bond motifs is 1. The minimum atomic E-state index is -0.234. The second kappa shape index (κ2) is 9.62. The van der Waals surface area contributed by atoms with Gasteiger partial charge in [0.05, 0.1) is 12.1 Å². The fourth-order valence-electron chi connectivity index (χ4n) is 3.96. The van der Waals surface area contributed by atoms with E-state index in [2.05, 4.69) is 44.6 Å². The molecular weight excluding hydrogens is 426 g/mol. The number of benzene rings is 1. The number of aromatic nitrogens is 3. The Morgan fingerprint density at radius 2 is 1.82 bits per heavy atom. The number of nitrogens with zero attached hydrogens (tertiary/aromatic N) is 3. The molecule has 34 heavy (non-hydrogen) atoms. The molecule has 7 nitrogen and oxygen atoms in total. The summed E-state index contributed by atoms with van der Waals surface area (Å²) in [5.74, 6) is -0.234. The van der Waals surface area contributed by atoms with Crippen LogP contribution in [0.5, 0.6) is 0 Å². The van der Waals surface area contributed by atoms with Gasteiger partial charge in [-0.05, 0) is 47.2 Å². The maximum atomic E-state index is 12.7. The normalized spacial score (nSPS) is 12.9. The van der Waals surface area contributed by atoms with Gasteiger partial charge in [-0.25, -0.2) is 4.98 Å². The second-order valence-corrected chi connectivity index (χ2v) is 8.34. The summed E-state index contributed by atoms with van der Waals surface area (Å²) in [6, 6.07) is 15.2. The lowest BCUT2D eigenvalue weighted by molar-refractivity contribution is 0.0950. The van der Waals surface area contributed by atoms with E-state index in [-0.39, 0.29) is 11.5 Å². The number of hydrogen-bond acceptors (Lipinski definition) is 4. The number of carbonyl (C=O) groups excluding carboxylic acids is 1. The first-order valence-electron chi connectivity index (χ1n) is 11.2. The molecule has 0 bridgehead atoms. The van der Waals surface area contributed by atoms with Crippen molar-refractivity contribution in [2.45, 2.75) is 19.6 Å². The van der Waals surface area contributed by atoms with Gasteiger partial charge >= 0.3 is 0 Å². The molecule has 3 aromatic heterocycles. The molecular formula is C27H25N5O2. The predicted octanol–water partition coefficient (Wildman–Crippen LogP) is 3.59. The van der Waals surface area contributed by atoms with Crippen LogP contribution in [-0.2, 0) is 19.6 Å². The summed E-state index contributed by atoms with van der Waals surface area (Å²) in [5.41, 5.74) is 4.23. The fraction of sp³-hybridized carbons (Fsp3) is 0.148. The Bertz CT molecular complexity index is 1430. The summed E-state index contributed by atoms with van der Waals surface area (Å²) >= 11 is 0. The van der Waals surface area contributed by atoms with E-state index >= 15 is 0 Å². The van der Waals surface area contributed by atoms with Gasteiger partial charge in [0, 0.05) is 49.7 Å². The highest BCUT2D eigenvalue weighted by Crippen LogP contribution is 2.12. The number of carbonyl (C=O) groups is 1. The maximum absolute atomic E-state index is 12.7. The monoisotopic (exact) mass is 451 g/mol. The molecule has 4 aromatic rings. The van der Waals surface area contributed by atoms with Gasteiger partial charge in [0.1, 0.15) is 5.65 Å². The molecule has 2 N–H and O–H groups in total. The Kier molecular flexibility index (Phi) is 6.07. The molecule has 0 aliphatic carbocycles. The third-order valence-corrected chi connectivity index (χ3v) is 5.80. The third kappa shape index (κ3) is 4.99. The molecule has 1 aliphatic rings. The third-order valence-electron chi connectivity index (χ3n) is 5.80. The van der Waals surface area contributed by atoms with Crippen molar-refractivity contribution in [3.8, 4) is 0 Å². The number of rotatable bonds is 7. The van der Waals surface area contributed by atoms with Crippen LogP contribution in [0.25, 0.3) is 11.0 Å². The van der Waals surface area contributed by atoms with Crippen molar-refractivity contribution >= 4 is 16.9 Å². The van der Waals surface area contributed by atoms with E-state index in [4.69, 9.17) is 0 Å². The van der Waals surface area contributed by atoms with E-state index in [0.717, 1.165) is 35.2 Å². The number of hydrogen-bond donors (Lipinski definition) is 2. The van der Waals surface area contributed by atoms with Gasteiger partial charge in [0.25, 0.3) is 11.5 Å². The van der Waals surface area contributed by atoms with Crippen molar-refractivity contribution < 1.29 is 4.79 Å². The molecule has 7 heteroatoms. The zero-order valence-corrected chi connectivity index (χ0v) is 18.6. The van der Waals surface area contributed by atoms with Crippen molar-refractivity contribution in [3.63, 3.8) is 0 Å². The van der Waals surface area contributed by atoms with Gasteiger partial charge in [-0.1, -0.05) is 36.4 Å². The summed E-state index contributed by atoms with van der Waals surface area (Å²) in [6.07, 6.45) is 13.5. The average molecular weight is 452 g/mol. The van der Waals surface area contributed by atoms with Crippen molar-refractivity contribution in [1.82, 2.24) is 24.8 Å². The Morgan fingerprint density at radius 3 is 2.62 bits per heavy atom. The Labute approximate surface area is 197 Å². The standard InChI is InChI=1S/C27H25N5O2/c33-25-9-8-24(27(34)30-16-22-14-23-10-11-28-26(23)29-15-22)19-32(25)18-21-6-4-20(5-7-21)17-31-12-2-1-3-13-31/h1-12,14-15,19H,13,16-18H2,(H,28,29)(H,30,34). The van der Waals surface area contributed by atoms with Crippen LogP contribution in [0.1, 0.15) is 27.0 Å². The number of allylic oxidation sites excluding steroid dienone is 2. The van der Waals surface area contributed by atoms with Crippen LogP contribution in [0, 0.1) is 0 Å². The Morgan fingerprint density at radius 1 is 1.00 bits per heavy atom. The molecule has 170 valence electrons. The van der Waals surface area contributed by atoms with E-state index in [9.17, 15) is 9.59 Å². The van der Waals surface area contributed by atoms with E-state index in [0.29, 0.717) is 18.7 Å². The van der Waals surface area contributed by atoms with Crippen LogP contribution < -0.4 is 10.9 Å². The highest BCUT2D eigenvalue weighted by molar-refractivity contribution is 5.93. The number of nitrogens with one attached hydrogen (secondary N) is 2. The predicted molar refractivity (Wildman–Crippen MR) is 132 cm³/mol. The van der Waals surface area contributed by atoms with Gasteiger partial charge in [0.2, 0.25) is 0 Å². The molecule has 0 radical (unpaired) electrons. The van der Waals surface area contributed by atoms with Crippen LogP contribution in [0.3, 0.4) is 0 Å². The SMILES string of the molecule is O=C(NCc1cnc2[nH]ccc2c1)c1ccc(=O)n(Cc2ccc(CN3C=CC=CC3)cc2)c1. The van der Waals surface area contributed by atoms with Gasteiger partial charge in [0.15, 0.2) is 0 Å². The highest BCUT2D eigenvalue weighted by atomic mass is 16.2. The first kappa shape index (κ1) is 21.5. The largest absolute Gasteiger partial charge is 0.369 e. The second-order valence-electron chi connectivity index (χ2n) is 8.34. The fourth-order valence-corrected chi connectivity index (χ4v) is 3.96. The number of amides is 1. The van der Waals surface area contributed by atoms with Crippen LogP contribution in [0.4, 0.5) is 0 Å². The van der Waals surface area contributed by atoms with Crippen molar-refractivity contribution in [3.05, 3.63) is 124 Å². The molecule has 0 fully saturated rings. The maximum Gasteiger partial charge on any atom is 0.253 e. The van der Waals surface area contributed by atoms with Crippen molar-refractivity contribution in [1.29, 1.82) is 0 Å². The smallest absolute Gasteiger partial charge is 0.253 e. The van der Waals surface area contributed by atoms with Gasteiger partial charge in [-0.2, -0.15) is 0 Å². The molecule has 0 unspecified atom stereocenters. The first-order chi connectivity index (χ1) is 16.6. The Hall–Kier alpha value is -4.39. The van der Waals surface area contributed by atoms with Crippen molar-refractivity contribution in [2.24, 2.45) is 0 Å². The van der Waals surface area contributed by atoms with Gasteiger partial charge in [-0.15, -0.1) is 0 Å². The van der Waals surface area contributed by atoms with Crippen LogP contribution in [-0.4, -0.2) is 31.9 Å². The minimum absolute atomic E-state index is 0.145. The highest BCUT2D eigenvalue weighted by Gasteiger charge is 2.09. The molecule has 4 heterocycles. The summed E-state index contributed by atoms with van der Waals surface area (Å²) in [6.45, 7) is 2.50. The number of pyridine rings is 2. The van der Waals surface area contributed by atoms with E-state index < -0.39 is 0 Å². The summed E-state index contributed by atoms with van der Waals surface area (Å²) in [4.78, 5) is 34.7. The lowest BCUT2D eigenvalue weighted by Crippen LogP contribution is -2.26. The number of H-pyrrole nitrogens is 1. The van der Waals surface area contributed by atoms with Crippen LogP contribution >= 0.6 is 0 Å². The lowest BCUT2D eigenvalue weighted by atomic mass is 10.1. The first-order valence-corrected chi connectivity index (χ1v) is 11.2. The number of aromatic amines is 1. The van der Waals surface area contributed by atoms with Crippen LogP contribution in [0.15, 0.2) is 96.3 Å². The molecule has 0 saturated heterocycles. The molecule has 0 spiro atoms. The summed E-state index contributed by atoms with van der Waals surface area (Å²) in [7, 11) is 0. The topological polar surface area (TPSA) is 83.0 Å². The van der Waals surface area contributed by atoms with E-state index in [1.54, 1.807) is 23.0 Å². The molecule has 1 aromatic carbocycles. The summed E-state index contributed by atoms with van der Waals surface area (Å²) < 4.78 is 1.56.